The van der Waals surface area contributed by atoms with E-state index in [2.05, 4.69) is 27.4 Å². The van der Waals surface area contributed by atoms with E-state index in [4.69, 9.17) is 4.74 Å². The highest BCUT2D eigenvalue weighted by atomic mass is 32.1. The Hall–Kier alpha value is -3.65. The Morgan fingerprint density at radius 1 is 1.06 bits per heavy atom. The fourth-order valence-corrected chi connectivity index (χ4v) is 5.06. The molecule has 2 aromatic carbocycles. The monoisotopic (exact) mass is 463 g/mol. The molecule has 4 aromatic rings. The lowest BCUT2D eigenvalue weighted by atomic mass is 9.97. The molecule has 0 atom stereocenters. The van der Waals surface area contributed by atoms with Crippen LogP contribution in [0.1, 0.15) is 27.5 Å². The Kier molecular flexibility index (Phi) is 5.60. The SMILES string of the molecule is COc1ncccc1-c1ccc2c(c1)-c1sc(C(=O)Nc3c(F)cccc3F)nc1CCC2. The fraction of sp³-hybridized carbons (Fsp3) is 0.160. The van der Waals surface area contributed by atoms with Crippen LogP contribution in [0.15, 0.2) is 54.7 Å². The van der Waals surface area contributed by atoms with E-state index < -0.39 is 23.2 Å². The van der Waals surface area contributed by atoms with Crippen molar-refractivity contribution in [1.82, 2.24) is 9.97 Å². The van der Waals surface area contributed by atoms with Gasteiger partial charge in [-0.15, -0.1) is 11.3 Å². The van der Waals surface area contributed by atoms with Crippen molar-refractivity contribution in [2.75, 3.05) is 12.4 Å². The maximum absolute atomic E-state index is 14.0. The van der Waals surface area contributed by atoms with E-state index in [0.717, 1.165) is 57.8 Å². The van der Waals surface area contributed by atoms with Gasteiger partial charge in [-0.25, -0.2) is 18.7 Å². The van der Waals surface area contributed by atoms with Crippen LogP contribution < -0.4 is 10.1 Å². The zero-order valence-corrected chi connectivity index (χ0v) is 18.5. The summed E-state index contributed by atoms with van der Waals surface area (Å²) in [6.45, 7) is 0. The highest BCUT2D eigenvalue weighted by molar-refractivity contribution is 7.17. The van der Waals surface area contributed by atoms with Gasteiger partial charge in [-0.2, -0.15) is 0 Å². The normalized spacial score (nSPS) is 12.5. The number of aromatic nitrogens is 2. The van der Waals surface area contributed by atoms with Gasteiger partial charge in [0.2, 0.25) is 5.88 Å². The second kappa shape index (κ2) is 8.71. The first-order valence-corrected chi connectivity index (χ1v) is 11.2. The molecule has 0 bridgehead atoms. The fourth-order valence-electron chi connectivity index (χ4n) is 4.01. The van der Waals surface area contributed by atoms with Crippen LogP contribution in [0.2, 0.25) is 0 Å². The molecule has 0 saturated heterocycles. The molecule has 0 aliphatic heterocycles. The Labute approximate surface area is 193 Å². The molecule has 2 aromatic heterocycles. The molecule has 1 N–H and O–H groups in total. The molecule has 8 heteroatoms. The molecule has 0 saturated carbocycles. The van der Waals surface area contributed by atoms with E-state index in [1.165, 1.54) is 17.4 Å². The molecule has 1 aliphatic rings. The summed E-state index contributed by atoms with van der Waals surface area (Å²) in [6.07, 6.45) is 4.18. The largest absolute Gasteiger partial charge is 0.481 e. The molecule has 1 amide bonds. The van der Waals surface area contributed by atoms with Crippen LogP contribution in [0.3, 0.4) is 0 Å². The van der Waals surface area contributed by atoms with Crippen LogP contribution in [-0.4, -0.2) is 23.0 Å². The number of rotatable bonds is 4. The predicted molar refractivity (Wildman–Crippen MR) is 124 cm³/mol. The van der Waals surface area contributed by atoms with E-state index in [9.17, 15) is 13.6 Å². The van der Waals surface area contributed by atoms with Crippen LogP contribution in [0.5, 0.6) is 5.88 Å². The van der Waals surface area contributed by atoms with Gasteiger partial charge in [-0.1, -0.05) is 18.2 Å². The van der Waals surface area contributed by atoms with Crippen LogP contribution >= 0.6 is 11.3 Å². The minimum absolute atomic E-state index is 0.167. The molecule has 1 aliphatic carbocycles. The summed E-state index contributed by atoms with van der Waals surface area (Å²) in [5, 5.41) is 2.50. The van der Waals surface area contributed by atoms with Crippen molar-refractivity contribution in [1.29, 1.82) is 0 Å². The van der Waals surface area contributed by atoms with Crippen molar-refractivity contribution in [3.05, 3.63) is 82.6 Å². The van der Waals surface area contributed by atoms with E-state index in [1.807, 2.05) is 18.2 Å². The molecule has 166 valence electrons. The number of halogens is 2. The first-order valence-electron chi connectivity index (χ1n) is 10.4. The third-order valence-corrected chi connectivity index (χ3v) is 6.71. The van der Waals surface area contributed by atoms with Crippen molar-refractivity contribution in [2.24, 2.45) is 0 Å². The molecule has 0 unspecified atom stereocenters. The van der Waals surface area contributed by atoms with Crippen molar-refractivity contribution in [3.8, 4) is 27.4 Å². The Balaban J connectivity index is 1.54. The lowest BCUT2D eigenvalue weighted by molar-refractivity contribution is 0.102. The highest BCUT2D eigenvalue weighted by Crippen LogP contribution is 2.40. The van der Waals surface area contributed by atoms with Gasteiger partial charge in [-0.3, -0.25) is 4.79 Å². The lowest BCUT2D eigenvalue weighted by Crippen LogP contribution is -2.14. The summed E-state index contributed by atoms with van der Waals surface area (Å²) in [7, 11) is 1.58. The van der Waals surface area contributed by atoms with Crippen molar-refractivity contribution in [2.45, 2.75) is 19.3 Å². The third kappa shape index (κ3) is 3.98. The topological polar surface area (TPSA) is 64.1 Å². The number of anilines is 1. The van der Waals surface area contributed by atoms with Crippen molar-refractivity contribution < 1.29 is 18.3 Å². The number of hydrogen-bond acceptors (Lipinski definition) is 5. The average Bonchev–Trinajstić information content (AvgIpc) is 3.18. The van der Waals surface area contributed by atoms with Crippen molar-refractivity contribution >= 4 is 22.9 Å². The number of nitrogens with one attached hydrogen (secondary N) is 1. The second-order valence-corrected chi connectivity index (χ2v) is 8.63. The van der Waals surface area contributed by atoms with Gasteiger partial charge in [-0.05, 0) is 66.3 Å². The van der Waals surface area contributed by atoms with Crippen LogP contribution in [0.4, 0.5) is 14.5 Å². The van der Waals surface area contributed by atoms with Gasteiger partial charge < -0.3 is 10.1 Å². The number of carbonyl (C=O) groups is 1. The van der Waals surface area contributed by atoms with E-state index in [0.29, 0.717) is 12.3 Å². The molecule has 0 spiro atoms. The highest BCUT2D eigenvalue weighted by Gasteiger charge is 2.24. The van der Waals surface area contributed by atoms with E-state index in [1.54, 1.807) is 13.3 Å². The minimum Gasteiger partial charge on any atom is -0.481 e. The van der Waals surface area contributed by atoms with Gasteiger partial charge >= 0.3 is 0 Å². The molecule has 5 rings (SSSR count). The van der Waals surface area contributed by atoms with Crippen molar-refractivity contribution in [3.63, 3.8) is 0 Å². The van der Waals surface area contributed by atoms with Gasteiger partial charge in [0, 0.05) is 11.8 Å². The predicted octanol–water partition coefficient (Wildman–Crippen LogP) is 5.90. The first-order chi connectivity index (χ1) is 16.0. The van der Waals surface area contributed by atoms with Gasteiger partial charge in [0.25, 0.3) is 5.91 Å². The number of methoxy groups -OCH3 is 1. The number of hydrogen-bond donors (Lipinski definition) is 1. The summed E-state index contributed by atoms with van der Waals surface area (Å²) in [6, 6.07) is 13.4. The van der Waals surface area contributed by atoms with Gasteiger partial charge in [0.15, 0.2) is 5.01 Å². The standard InChI is InChI=1S/C25H19F2N3O2S/c1-32-24-16(6-4-12-28-24)15-11-10-14-5-2-9-20-22(17(14)13-15)33-25(29-20)23(31)30-21-18(26)7-3-8-19(21)27/h3-4,6-8,10-13H,2,5,9H2,1H3,(H,30,31). The zero-order chi connectivity index (χ0) is 22.9. The minimum atomic E-state index is -0.832. The van der Waals surface area contributed by atoms with Gasteiger partial charge in [0.05, 0.1) is 17.7 Å². The summed E-state index contributed by atoms with van der Waals surface area (Å²) >= 11 is 1.23. The number of carbonyl (C=O) groups excluding carboxylic acids is 1. The molecular formula is C25H19F2N3O2S. The smallest absolute Gasteiger partial charge is 0.284 e. The molecule has 5 nitrogen and oxygen atoms in total. The van der Waals surface area contributed by atoms with Crippen LogP contribution in [0, 0.1) is 11.6 Å². The Morgan fingerprint density at radius 3 is 2.67 bits per heavy atom. The molecule has 2 heterocycles. The number of nitrogens with zero attached hydrogens (tertiary/aromatic N) is 2. The second-order valence-electron chi connectivity index (χ2n) is 7.63. The molecule has 0 fully saturated rings. The summed E-state index contributed by atoms with van der Waals surface area (Å²) in [5.74, 6) is -1.77. The zero-order valence-electron chi connectivity index (χ0n) is 17.7. The Morgan fingerprint density at radius 2 is 1.88 bits per heavy atom. The maximum Gasteiger partial charge on any atom is 0.284 e. The maximum atomic E-state index is 14.0. The Bertz CT molecular complexity index is 1350. The number of fused-ring (bicyclic) bond motifs is 3. The number of ether oxygens (including phenoxy) is 1. The number of thiazole rings is 1. The summed E-state index contributed by atoms with van der Waals surface area (Å²) in [5.41, 5.74) is 4.31. The number of amides is 1. The average molecular weight is 464 g/mol. The van der Waals surface area contributed by atoms with Crippen LogP contribution in [0.25, 0.3) is 21.6 Å². The summed E-state index contributed by atoms with van der Waals surface area (Å²) in [4.78, 5) is 22.5. The number of aryl methyl sites for hydroxylation is 2. The van der Waals surface area contributed by atoms with Crippen LogP contribution in [-0.2, 0) is 12.8 Å². The number of benzene rings is 2. The number of para-hydroxylation sites is 1. The van der Waals surface area contributed by atoms with Gasteiger partial charge in [0.1, 0.15) is 17.3 Å². The molecule has 33 heavy (non-hydrogen) atoms. The molecule has 0 radical (unpaired) electrons. The number of pyridine rings is 1. The first kappa shape index (κ1) is 21.2. The summed E-state index contributed by atoms with van der Waals surface area (Å²) < 4.78 is 33.4. The van der Waals surface area contributed by atoms with E-state index >= 15 is 0 Å². The lowest BCUT2D eigenvalue weighted by Gasteiger charge is -2.11. The third-order valence-electron chi connectivity index (χ3n) is 5.58. The van der Waals surface area contributed by atoms with E-state index in [-0.39, 0.29) is 5.01 Å². The quantitative estimate of drug-likeness (QED) is 0.409. The molecular weight excluding hydrogens is 444 g/mol.